The zero-order chi connectivity index (χ0) is 25.1. The van der Waals surface area contributed by atoms with E-state index in [9.17, 15) is 9.59 Å². The second kappa shape index (κ2) is 10.1. The zero-order valence-electron chi connectivity index (χ0n) is 19.3. The number of aromatic nitrogens is 2. The fourth-order valence-corrected chi connectivity index (χ4v) is 4.07. The minimum absolute atomic E-state index is 0.301. The number of esters is 1. The highest BCUT2D eigenvalue weighted by Gasteiger charge is 2.14. The summed E-state index contributed by atoms with van der Waals surface area (Å²) in [7, 11) is 0. The molecule has 36 heavy (non-hydrogen) atoms. The summed E-state index contributed by atoms with van der Waals surface area (Å²) in [5.41, 5.74) is 3.08. The smallest absolute Gasteiger partial charge is 0.343 e. The van der Waals surface area contributed by atoms with Crippen LogP contribution < -0.4 is 10.3 Å². The maximum Gasteiger partial charge on any atom is 0.343 e. The molecular weight excluding hydrogens is 518 g/mol. The van der Waals surface area contributed by atoms with Crippen LogP contribution in [0.2, 0.25) is 0 Å². The maximum absolute atomic E-state index is 13.4. The third kappa shape index (κ3) is 4.87. The van der Waals surface area contributed by atoms with Gasteiger partial charge in [-0.15, -0.1) is 0 Å². The summed E-state index contributed by atoms with van der Waals surface area (Å²) in [6.07, 6.45) is 1.49. The predicted molar refractivity (Wildman–Crippen MR) is 145 cm³/mol. The molecule has 6 nitrogen and oxygen atoms in total. The molecule has 5 rings (SSSR count). The molecule has 0 spiro atoms. The summed E-state index contributed by atoms with van der Waals surface area (Å²) >= 11 is 3.46. The maximum atomic E-state index is 13.4. The number of carbonyl (C=O) groups is 1. The molecule has 0 bridgehead atoms. The van der Waals surface area contributed by atoms with Gasteiger partial charge in [0.15, 0.2) is 5.82 Å². The van der Waals surface area contributed by atoms with Crippen LogP contribution >= 0.6 is 15.9 Å². The summed E-state index contributed by atoms with van der Waals surface area (Å²) in [6.45, 7) is 1.99. The van der Waals surface area contributed by atoms with Crippen molar-refractivity contribution in [2.75, 3.05) is 0 Å². The van der Waals surface area contributed by atoms with Crippen LogP contribution in [0.1, 0.15) is 21.5 Å². The lowest BCUT2D eigenvalue weighted by atomic mass is 10.1. The Morgan fingerprint density at radius 2 is 1.67 bits per heavy atom. The van der Waals surface area contributed by atoms with E-state index in [0.29, 0.717) is 33.6 Å². The Labute approximate surface area is 215 Å². The average molecular weight is 538 g/mol. The number of halogens is 1. The largest absolute Gasteiger partial charge is 0.422 e. The van der Waals surface area contributed by atoms with Crippen molar-refractivity contribution < 1.29 is 9.53 Å². The normalized spacial score (nSPS) is 11.2. The highest BCUT2D eigenvalue weighted by Crippen LogP contribution is 2.24. The second-order valence-electron chi connectivity index (χ2n) is 8.12. The molecule has 0 aliphatic heterocycles. The number of rotatable bonds is 5. The fourth-order valence-electron chi connectivity index (χ4n) is 3.69. The third-order valence-corrected chi connectivity index (χ3v) is 6.05. The average Bonchev–Trinajstić information content (AvgIpc) is 2.90. The molecule has 7 heteroatoms. The first-order valence-corrected chi connectivity index (χ1v) is 12.0. The molecule has 0 aliphatic carbocycles. The topological polar surface area (TPSA) is 73.6 Å². The number of aryl methyl sites for hydroxylation is 1. The summed E-state index contributed by atoms with van der Waals surface area (Å²) in [4.78, 5) is 30.8. The van der Waals surface area contributed by atoms with Crippen LogP contribution in [0.5, 0.6) is 5.75 Å². The van der Waals surface area contributed by atoms with E-state index < -0.39 is 5.97 Å². The lowest BCUT2D eigenvalue weighted by Crippen LogP contribution is -2.20. The molecule has 0 saturated carbocycles. The minimum Gasteiger partial charge on any atom is -0.422 e. The first kappa shape index (κ1) is 23.4. The quantitative estimate of drug-likeness (QED) is 0.151. The van der Waals surface area contributed by atoms with E-state index in [1.165, 1.54) is 10.9 Å². The van der Waals surface area contributed by atoms with E-state index in [4.69, 9.17) is 9.72 Å². The van der Waals surface area contributed by atoms with E-state index in [1.807, 2.05) is 43.3 Å². The van der Waals surface area contributed by atoms with Crippen molar-refractivity contribution in [1.29, 1.82) is 0 Å². The molecule has 0 amide bonds. The van der Waals surface area contributed by atoms with Gasteiger partial charge in [0.05, 0.1) is 22.7 Å². The molecule has 1 aromatic heterocycles. The lowest BCUT2D eigenvalue weighted by molar-refractivity contribution is 0.0734. The van der Waals surface area contributed by atoms with Crippen LogP contribution in [-0.4, -0.2) is 21.8 Å². The molecule has 0 radical (unpaired) electrons. The monoisotopic (exact) mass is 537 g/mol. The summed E-state index contributed by atoms with van der Waals surface area (Å²) in [5, 5.41) is 4.97. The van der Waals surface area contributed by atoms with Gasteiger partial charge >= 0.3 is 5.97 Å². The molecule has 0 unspecified atom stereocenters. The number of nitrogens with zero attached hydrogens (tertiary/aromatic N) is 3. The van der Waals surface area contributed by atoms with Crippen LogP contribution in [0, 0.1) is 6.92 Å². The molecule has 0 aliphatic rings. The molecule has 4 aromatic carbocycles. The van der Waals surface area contributed by atoms with Gasteiger partial charge in [-0.05, 0) is 49.4 Å². The van der Waals surface area contributed by atoms with E-state index in [0.717, 1.165) is 15.6 Å². The van der Waals surface area contributed by atoms with Crippen molar-refractivity contribution in [3.63, 3.8) is 0 Å². The van der Waals surface area contributed by atoms with Gasteiger partial charge in [-0.2, -0.15) is 9.78 Å². The van der Waals surface area contributed by atoms with Gasteiger partial charge in [0, 0.05) is 15.6 Å². The SMILES string of the molecule is Cc1ccc(-c2nc3ccccc3c(=O)n2N=Cc2cc(Br)ccc2OC(=O)c2ccccc2)cc1. The predicted octanol–water partition coefficient (Wildman–Crippen LogP) is 6.24. The van der Waals surface area contributed by atoms with E-state index >= 15 is 0 Å². The molecular formula is C29H20BrN3O3. The van der Waals surface area contributed by atoms with Gasteiger partial charge in [-0.1, -0.05) is 76.1 Å². The van der Waals surface area contributed by atoms with Crippen LogP contribution in [0.25, 0.3) is 22.3 Å². The summed E-state index contributed by atoms with van der Waals surface area (Å²) < 4.78 is 7.69. The Hall–Kier alpha value is -4.36. The number of para-hydroxylation sites is 1. The summed E-state index contributed by atoms with van der Waals surface area (Å²) in [5.74, 6) is 0.236. The van der Waals surface area contributed by atoms with Crippen molar-refractivity contribution in [3.8, 4) is 17.1 Å². The van der Waals surface area contributed by atoms with Gasteiger partial charge in [-0.25, -0.2) is 9.78 Å². The summed E-state index contributed by atoms with van der Waals surface area (Å²) in [6, 6.07) is 28.8. The molecule has 0 saturated heterocycles. The van der Waals surface area contributed by atoms with Gasteiger partial charge in [0.25, 0.3) is 5.56 Å². The van der Waals surface area contributed by atoms with Crippen LogP contribution in [0.3, 0.4) is 0 Å². The third-order valence-electron chi connectivity index (χ3n) is 5.56. The van der Waals surface area contributed by atoms with Crippen molar-refractivity contribution >= 4 is 39.0 Å². The van der Waals surface area contributed by atoms with Crippen molar-refractivity contribution in [2.45, 2.75) is 6.92 Å². The van der Waals surface area contributed by atoms with Crippen molar-refractivity contribution in [3.05, 3.63) is 129 Å². The van der Waals surface area contributed by atoms with E-state index in [-0.39, 0.29) is 5.56 Å². The van der Waals surface area contributed by atoms with Gasteiger partial charge in [0.2, 0.25) is 0 Å². The van der Waals surface area contributed by atoms with Gasteiger partial charge in [0.1, 0.15) is 5.75 Å². The number of carbonyl (C=O) groups excluding carboxylic acids is 1. The molecule has 1 heterocycles. The number of benzene rings is 4. The highest BCUT2D eigenvalue weighted by atomic mass is 79.9. The van der Waals surface area contributed by atoms with Crippen molar-refractivity contribution in [2.24, 2.45) is 5.10 Å². The van der Waals surface area contributed by atoms with Crippen LogP contribution in [-0.2, 0) is 0 Å². The van der Waals surface area contributed by atoms with E-state index in [2.05, 4.69) is 21.0 Å². The first-order chi connectivity index (χ1) is 17.5. The highest BCUT2D eigenvalue weighted by molar-refractivity contribution is 9.10. The van der Waals surface area contributed by atoms with Crippen LogP contribution in [0.4, 0.5) is 0 Å². The Morgan fingerprint density at radius 3 is 2.44 bits per heavy atom. The van der Waals surface area contributed by atoms with Crippen LogP contribution in [0.15, 0.2) is 111 Å². The fraction of sp³-hybridized carbons (Fsp3) is 0.0345. The number of fused-ring (bicyclic) bond motifs is 1. The molecule has 0 atom stereocenters. The Kier molecular flexibility index (Phi) is 6.56. The number of hydrogen-bond acceptors (Lipinski definition) is 5. The van der Waals surface area contributed by atoms with E-state index in [1.54, 1.807) is 60.7 Å². The number of hydrogen-bond donors (Lipinski definition) is 0. The lowest BCUT2D eigenvalue weighted by Gasteiger charge is -2.11. The van der Waals surface area contributed by atoms with Crippen molar-refractivity contribution in [1.82, 2.24) is 9.66 Å². The second-order valence-corrected chi connectivity index (χ2v) is 9.03. The minimum atomic E-state index is -0.488. The molecule has 5 aromatic rings. The Bertz CT molecular complexity index is 1660. The van der Waals surface area contributed by atoms with Gasteiger partial charge < -0.3 is 4.74 Å². The molecule has 176 valence electrons. The number of ether oxygens (including phenoxy) is 1. The Balaban J connectivity index is 1.60. The Morgan fingerprint density at radius 1 is 0.944 bits per heavy atom. The molecule has 0 fully saturated rings. The standard InChI is InChI=1S/C29H20BrN3O3/c1-19-11-13-20(14-12-19)27-32-25-10-6-5-9-24(25)28(34)33(27)31-18-22-17-23(30)15-16-26(22)36-29(35)21-7-3-2-4-8-21/h2-18H,1H3. The first-order valence-electron chi connectivity index (χ1n) is 11.2. The molecule has 0 N–H and O–H groups in total. The van der Waals surface area contributed by atoms with Gasteiger partial charge in [-0.3, -0.25) is 4.79 Å². The zero-order valence-corrected chi connectivity index (χ0v) is 20.8.